The summed E-state index contributed by atoms with van der Waals surface area (Å²) in [4.78, 5) is 0.131. The summed E-state index contributed by atoms with van der Waals surface area (Å²) in [6.07, 6.45) is 0. The summed E-state index contributed by atoms with van der Waals surface area (Å²) in [5.74, 6) is -0.380. The van der Waals surface area contributed by atoms with Crippen molar-refractivity contribution in [3.8, 4) is 6.07 Å². The lowest BCUT2D eigenvalue weighted by molar-refractivity contribution is 0.399. The van der Waals surface area contributed by atoms with Crippen molar-refractivity contribution in [3.05, 3.63) is 22.7 Å². The number of nitrogen functional groups attached to an aromatic ring is 1. The van der Waals surface area contributed by atoms with Crippen LogP contribution in [0, 0.1) is 24.2 Å². The average Bonchev–Trinajstić information content (AvgIpc) is 2.39. The number of nitrogens with two attached hydrogens (primary N) is 1. The SMILES string of the molecule is CCN(CC(C)C#N)S(=O)(=O)c1cc(N)c(Cl)cc1C. The first-order valence-electron chi connectivity index (χ1n) is 6.19. The van der Waals surface area contributed by atoms with Crippen molar-refractivity contribution in [2.45, 2.75) is 25.7 Å². The number of nitriles is 1. The minimum Gasteiger partial charge on any atom is -0.397 e. The van der Waals surface area contributed by atoms with E-state index in [2.05, 4.69) is 0 Å². The lowest BCUT2D eigenvalue weighted by Crippen LogP contribution is -2.34. The zero-order valence-corrected chi connectivity index (χ0v) is 13.3. The molecule has 0 bridgehead atoms. The average molecular weight is 316 g/mol. The van der Waals surface area contributed by atoms with Crippen LogP contribution in [0.2, 0.25) is 5.02 Å². The first-order chi connectivity index (χ1) is 9.23. The van der Waals surface area contributed by atoms with E-state index in [1.54, 1.807) is 20.8 Å². The fraction of sp³-hybridized carbons (Fsp3) is 0.462. The summed E-state index contributed by atoms with van der Waals surface area (Å²) in [7, 11) is -3.68. The Hall–Kier alpha value is -1.29. The molecule has 0 amide bonds. The van der Waals surface area contributed by atoms with Gasteiger partial charge in [0.2, 0.25) is 10.0 Å². The summed E-state index contributed by atoms with van der Waals surface area (Å²) in [6.45, 7) is 5.52. The molecule has 110 valence electrons. The summed E-state index contributed by atoms with van der Waals surface area (Å²) in [5, 5.41) is 9.17. The minimum atomic E-state index is -3.68. The van der Waals surface area contributed by atoms with Crippen molar-refractivity contribution < 1.29 is 8.42 Å². The number of hydrogen-bond acceptors (Lipinski definition) is 4. The zero-order valence-electron chi connectivity index (χ0n) is 11.7. The molecule has 0 aliphatic rings. The molecule has 0 aliphatic carbocycles. The Balaban J connectivity index is 3.28. The van der Waals surface area contributed by atoms with E-state index < -0.39 is 10.0 Å². The van der Waals surface area contributed by atoms with Gasteiger partial charge in [0.25, 0.3) is 0 Å². The topological polar surface area (TPSA) is 87.2 Å². The van der Waals surface area contributed by atoms with Crippen LogP contribution < -0.4 is 5.73 Å². The molecule has 0 saturated heterocycles. The van der Waals surface area contributed by atoms with Crippen LogP contribution in [-0.4, -0.2) is 25.8 Å². The van der Waals surface area contributed by atoms with Crippen LogP contribution in [0.1, 0.15) is 19.4 Å². The molecule has 1 atom stereocenters. The van der Waals surface area contributed by atoms with Gasteiger partial charge < -0.3 is 5.73 Å². The van der Waals surface area contributed by atoms with Crippen LogP contribution in [0.3, 0.4) is 0 Å². The molecule has 0 radical (unpaired) electrons. The third-order valence-electron chi connectivity index (χ3n) is 2.96. The molecule has 0 spiro atoms. The number of sulfonamides is 1. The Morgan fingerprint density at radius 2 is 2.10 bits per heavy atom. The third-order valence-corrected chi connectivity index (χ3v) is 5.37. The summed E-state index contributed by atoms with van der Waals surface area (Å²) < 4.78 is 26.5. The smallest absolute Gasteiger partial charge is 0.243 e. The predicted molar refractivity (Wildman–Crippen MR) is 79.8 cm³/mol. The van der Waals surface area contributed by atoms with Crippen molar-refractivity contribution in [1.29, 1.82) is 5.26 Å². The maximum Gasteiger partial charge on any atom is 0.243 e. The van der Waals surface area contributed by atoms with Gasteiger partial charge in [-0.1, -0.05) is 18.5 Å². The standard InChI is InChI=1S/C13H18ClN3O2S/c1-4-17(8-9(2)7-15)20(18,19)13-6-12(16)11(14)5-10(13)3/h5-6,9H,4,8,16H2,1-3H3. The summed E-state index contributed by atoms with van der Waals surface area (Å²) >= 11 is 5.88. The molecular weight excluding hydrogens is 298 g/mol. The highest BCUT2D eigenvalue weighted by molar-refractivity contribution is 7.89. The van der Waals surface area contributed by atoms with E-state index in [4.69, 9.17) is 22.6 Å². The first kappa shape index (κ1) is 16.8. The molecule has 1 aromatic rings. The Morgan fingerprint density at radius 1 is 1.50 bits per heavy atom. The van der Waals surface area contributed by atoms with Gasteiger partial charge in [0, 0.05) is 13.1 Å². The Morgan fingerprint density at radius 3 is 2.60 bits per heavy atom. The molecular formula is C13H18ClN3O2S. The second-order valence-electron chi connectivity index (χ2n) is 4.63. The second kappa shape index (κ2) is 6.44. The molecule has 20 heavy (non-hydrogen) atoms. The highest BCUT2D eigenvalue weighted by Gasteiger charge is 2.26. The van der Waals surface area contributed by atoms with E-state index in [1.165, 1.54) is 16.4 Å². The van der Waals surface area contributed by atoms with Gasteiger partial charge >= 0.3 is 0 Å². The molecule has 0 fully saturated rings. The molecule has 0 heterocycles. The maximum absolute atomic E-state index is 12.6. The van der Waals surface area contributed by atoms with Crippen LogP contribution in [-0.2, 0) is 10.0 Å². The van der Waals surface area contributed by atoms with Crippen molar-refractivity contribution in [1.82, 2.24) is 4.31 Å². The van der Waals surface area contributed by atoms with Gasteiger partial charge in [0.15, 0.2) is 0 Å². The molecule has 2 N–H and O–H groups in total. The van der Waals surface area contributed by atoms with Gasteiger partial charge in [-0.3, -0.25) is 0 Å². The number of nitrogens with zero attached hydrogens (tertiary/aromatic N) is 2. The zero-order chi connectivity index (χ0) is 15.5. The molecule has 5 nitrogen and oxygen atoms in total. The summed E-state index contributed by atoms with van der Waals surface area (Å²) in [5.41, 5.74) is 6.44. The second-order valence-corrected chi connectivity index (χ2v) is 6.94. The van der Waals surface area contributed by atoms with E-state index >= 15 is 0 Å². The quantitative estimate of drug-likeness (QED) is 0.845. The highest BCUT2D eigenvalue weighted by Crippen LogP contribution is 2.28. The highest BCUT2D eigenvalue weighted by atomic mass is 35.5. The molecule has 1 unspecified atom stereocenters. The Labute approximate surface area is 125 Å². The fourth-order valence-corrected chi connectivity index (χ4v) is 3.83. The van der Waals surface area contributed by atoms with Crippen LogP contribution in [0.15, 0.2) is 17.0 Å². The Bertz CT molecular complexity index is 638. The number of aryl methyl sites for hydroxylation is 1. The Kier molecular flexibility index (Phi) is 5.40. The monoisotopic (exact) mass is 315 g/mol. The number of anilines is 1. The van der Waals surface area contributed by atoms with E-state index in [9.17, 15) is 8.42 Å². The molecule has 1 aromatic carbocycles. The number of halogens is 1. The van der Waals surface area contributed by atoms with E-state index in [0.29, 0.717) is 10.6 Å². The largest absolute Gasteiger partial charge is 0.397 e. The van der Waals surface area contributed by atoms with E-state index in [0.717, 1.165) is 0 Å². The summed E-state index contributed by atoms with van der Waals surface area (Å²) in [6, 6.07) is 4.94. The van der Waals surface area contributed by atoms with E-state index in [1.807, 2.05) is 6.07 Å². The van der Waals surface area contributed by atoms with Gasteiger partial charge in [-0.25, -0.2) is 8.42 Å². The lowest BCUT2D eigenvalue weighted by Gasteiger charge is -2.22. The van der Waals surface area contributed by atoms with Crippen LogP contribution in [0.5, 0.6) is 0 Å². The molecule has 0 aromatic heterocycles. The van der Waals surface area contributed by atoms with Crippen LogP contribution in [0.25, 0.3) is 0 Å². The molecule has 0 saturated carbocycles. The number of hydrogen-bond donors (Lipinski definition) is 1. The van der Waals surface area contributed by atoms with Crippen LogP contribution >= 0.6 is 11.6 Å². The van der Waals surface area contributed by atoms with Gasteiger partial charge in [-0.2, -0.15) is 9.57 Å². The third kappa shape index (κ3) is 3.42. The van der Waals surface area contributed by atoms with Crippen molar-refractivity contribution in [2.24, 2.45) is 5.92 Å². The fourth-order valence-electron chi connectivity index (χ4n) is 1.83. The van der Waals surface area contributed by atoms with Crippen molar-refractivity contribution in [3.63, 3.8) is 0 Å². The van der Waals surface area contributed by atoms with Gasteiger partial charge in [0.05, 0.1) is 27.6 Å². The van der Waals surface area contributed by atoms with Gasteiger partial charge in [-0.15, -0.1) is 0 Å². The molecule has 1 rings (SSSR count). The van der Waals surface area contributed by atoms with Crippen molar-refractivity contribution in [2.75, 3.05) is 18.8 Å². The van der Waals surface area contributed by atoms with Crippen LogP contribution in [0.4, 0.5) is 5.69 Å². The maximum atomic E-state index is 12.6. The van der Waals surface area contributed by atoms with E-state index in [-0.39, 0.29) is 29.6 Å². The van der Waals surface area contributed by atoms with Crippen molar-refractivity contribution >= 4 is 27.3 Å². The number of rotatable bonds is 5. The van der Waals surface area contributed by atoms with Gasteiger partial charge in [0.1, 0.15) is 0 Å². The molecule has 0 aliphatic heterocycles. The van der Waals surface area contributed by atoms with Gasteiger partial charge in [-0.05, 0) is 31.5 Å². The lowest BCUT2D eigenvalue weighted by atomic mass is 10.2. The minimum absolute atomic E-state index is 0.131. The number of benzene rings is 1. The molecule has 7 heteroatoms. The normalized spacial score (nSPS) is 13.2. The predicted octanol–water partition coefficient (Wildman–Crippen LogP) is 2.40. The first-order valence-corrected chi connectivity index (χ1v) is 8.01.